The molecule has 0 radical (unpaired) electrons. The van der Waals surface area contributed by atoms with Gasteiger partial charge in [-0.25, -0.2) is 19.6 Å². The van der Waals surface area contributed by atoms with Gasteiger partial charge in [-0.05, 0) is 78.6 Å². The molecule has 0 bridgehead atoms. The van der Waals surface area contributed by atoms with Gasteiger partial charge in [-0.15, -0.1) is 0 Å². The van der Waals surface area contributed by atoms with Crippen LogP contribution in [0.2, 0.25) is 0 Å². The minimum Gasteiger partial charge on any atom is -0.478 e. The third-order valence-corrected chi connectivity index (χ3v) is 11.5. The number of nitrogens with zero attached hydrogens (tertiary/aromatic N) is 7. The fourth-order valence-corrected chi connectivity index (χ4v) is 7.91. The molecule has 23 heteroatoms. The van der Waals surface area contributed by atoms with Crippen LogP contribution in [0.5, 0.6) is 40.8 Å². The van der Waals surface area contributed by atoms with Crippen molar-refractivity contribution in [2.24, 2.45) is 0 Å². The number of rotatable bonds is 10. The number of aromatic nitrogens is 6. The SMILES string of the molecule is N#CCNc1ccc2c(c1)CCn1c-2cc(OCC2COc3ncccc3O2)nc1=O.O=c1nc(OCC2COc3ncccc3O2)cc2n1CCc1cc(OS(=O)(=O)C(F)(F)F)ccc1-2. The number of nitriles is 1. The molecule has 2 atom stereocenters. The minimum atomic E-state index is -5.80. The van der Waals surface area contributed by atoms with Crippen molar-refractivity contribution in [1.82, 2.24) is 29.1 Å². The first-order valence-electron chi connectivity index (χ1n) is 20.2. The van der Waals surface area contributed by atoms with Crippen molar-refractivity contribution in [3.63, 3.8) is 0 Å². The fourth-order valence-electron chi connectivity index (χ4n) is 7.46. The number of hydrogen-bond donors (Lipinski definition) is 1. The van der Waals surface area contributed by atoms with Crippen molar-refractivity contribution >= 4 is 15.8 Å². The van der Waals surface area contributed by atoms with Gasteiger partial charge >= 0.3 is 27.0 Å². The lowest BCUT2D eigenvalue weighted by atomic mass is 9.97. The topological polar surface area (TPSA) is 230 Å². The fraction of sp³-hybridized carbons (Fsp3) is 0.279. The van der Waals surface area contributed by atoms with Crippen LogP contribution in [0.15, 0.2) is 94.8 Å². The third-order valence-electron chi connectivity index (χ3n) is 10.5. The Morgan fingerprint density at radius 2 is 1.29 bits per heavy atom. The number of aryl methyl sites for hydroxylation is 2. The molecule has 8 heterocycles. The molecule has 6 aromatic rings. The van der Waals surface area contributed by atoms with E-state index in [0.717, 1.165) is 28.6 Å². The first-order chi connectivity index (χ1) is 31.8. The largest absolute Gasteiger partial charge is 0.534 e. The zero-order valence-electron chi connectivity index (χ0n) is 34.3. The van der Waals surface area contributed by atoms with Crippen molar-refractivity contribution in [1.29, 1.82) is 5.26 Å². The molecular weight excluding hydrogens is 894 g/mol. The molecule has 0 spiro atoms. The smallest absolute Gasteiger partial charge is 0.478 e. The van der Waals surface area contributed by atoms with Gasteiger partial charge in [0.15, 0.2) is 23.7 Å². The average Bonchev–Trinajstić information content (AvgIpc) is 3.31. The van der Waals surface area contributed by atoms with E-state index in [1.807, 2.05) is 18.2 Å². The molecule has 2 aromatic carbocycles. The molecule has 0 aliphatic carbocycles. The van der Waals surface area contributed by atoms with E-state index in [1.165, 1.54) is 22.8 Å². The summed E-state index contributed by atoms with van der Waals surface area (Å²) in [5, 5.41) is 11.8. The van der Waals surface area contributed by atoms with Crippen LogP contribution in [0.3, 0.4) is 0 Å². The molecule has 66 heavy (non-hydrogen) atoms. The molecular formula is C43H35F3N8O11S. The average molecular weight is 929 g/mol. The lowest BCUT2D eigenvalue weighted by molar-refractivity contribution is -0.0500. The second-order valence-electron chi connectivity index (χ2n) is 14.9. The van der Waals surface area contributed by atoms with Gasteiger partial charge in [0.25, 0.3) is 11.8 Å². The number of halogens is 3. The summed E-state index contributed by atoms with van der Waals surface area (Å²) in [6.45, 7) is 1.67. The summed E-state index contributed by atoms with van der Waals surface area (Å²) in [6, 6.07) is 21.9. The van der Waals surface area contributed by atoms with Crippen molar-refractivity contribution in [2.75, 3.05) is 38.3 Å². The van der Waals surface area contributed by atoms with Crippen LogP contribution in [0, 0.1) is 11.3 Å². The summed E-state index contributed by atoms with van der Waals surface area (Å²) in [7, 11) is -5.80. The predicted octanol–water partition coefficient (Wildman–Crippen LogP) is 4.32. The lowest BCUT2D eigenvalue weighted by Gasteiger charge is -2.26. The van der Waals surface area contributed by atoms with Crippen LogP contribution in [0.1, 0.15) is 11.1 Å². The van der Waals surface area contributed by atoms with Crippen molar-refractivity contribution in [3.8, 4) is 69.4 Å². The van der Waals surface area contributed by atoms with Crippen LogP contribution in [-0.2, 0) is 36.0 Å². The Hall–Kier alpha value is -7.87. The number of hydrogen-bond acceptors (Lipinski definition) is 17. The minimum absolute atomic E-state index is 0.0228. The normalized spacial score (nSPS) is 16.3. The highest BCUT2D eigenvalue weighted by atomic mass is 32.2. The Balaban J connectivity index is 0.000000167. The molecule has 10 rings (SSSR count). The van der Waals surface area contributed by atoms with Gasteiger partial charge in [0.05, 0.1) is 17.5 Å². The van der Waals surface area contributed by atoms with Gasteiger partial charge in [-0.3, -0.25) is 9.13 Å². The first kappa shape index (κ1) is 43.4. The van der Waals surface area contributed by atoms with E-state index in [0.29, 0.717) is 59.7 Å². The number of fused-ring (bicyclic) bond motifs is 8. The van der Waals surface area contributed by atoms with E-state index in [2.05, 4.69) is 35.5 Å². The van der Waals surface area contributed by atoms with Gasteiger partial charge < -0.3 is 37.9 Å². The monoisotopic (exact) mass is 928 g/mol. The molecule has 0 saturated carbocycles. The molecule has 2 unspecified atom stereocenters. The highest BCUT2D eigenvalue weighted by Gasteiger charge is 2.48. The Morgan fingerprint density at radius 3 is 1.82 bits per heavy atom. The van der Waals surface area contributed by atoms with E-state index in [4.69, 9.17) is 33.7 Å². The number of ether oxygens (including phenoxy) is 6. The molecule has 0 saturated heterocycles. The number of nitrogens with one attached hydrogen (secondary N) is 1. The molecule has 4 aliphatic rings. The number of anilines is 1. The Kier molecular flexibility index (Phi) is 11.8. The highest BCUT2D eigenvalue weighted by Crippen LogP contribution is 2.36. The Bertz CT molecular complexity index is 3110. The number of alkyl halides is 3. The van der Waals surface area contributed by atoms with E-state index in [-0.39, 0.29) is 62.9 Å². The second kappa shape index (κ2) is 18.0. The molecule has 0 amide bonds. The van der Waals surface area contributed by atoms with E-state index in [1.54, 1.807) is 47.3 Å². The van der Waals surface area contributed by atoms with Crippen LogP contribution in [-0.4, -0.2) is 88.2 Å². The van der Waals surface area contributed by atoms with Crippen LogP contribution >= 0.6 is 0 Å². The number of pyridine rings is 2. The van der Waals surface area contributed by atoms with Crippen LogP contribution < -0.4 is 49.3 Å². The molecule has 340 valence electrons. The third kappa shape index (κ3) is 9.21. The van der Waals surface area contributed by atoms with Gasteiger partial charge in [-0.1, -0.05) is 6.07 Å². The molecule has 1 N–H and O–H groups in total. The molecule has 19 nitrogen and oxygen atoms in total. The van der Waals surface area contributed by atoms with Crippen molar-refractivity contribution in [2.45, 2.75) is 43.6 Å². The Labute approximate surface area is 372 Å². The first-order valence-corrected chi connectivity index (χ1v) is 21.6. The maximum atomic E-state index is 12.6. The van der Waals surface area contributed by atoms with Gasteiger partial charge in [0.2, 0.25) is 11.8 Å². The Morgan fingerprint density at radius 1 is 0.758 bits per heavy atom. The van der Waals surface area contributed by atoms with E-state index >= 15 is 0 Å². The zero-order valence-corrected chi connectivity index (χ0v) is 35.1. The summed E-state index contributed by atoms with van der Waals surface area (Å²) < 4.78 is 102. The van der Waals surface area contributed by atoms with Gasteiger partial charge in [-0.2, -0.15) is 36.8 Å². The number of benzene rings is 2. The molecule has 4 aliphatic heterocycles. The maximum Gasteiger partial charge on any atom is 0.534 e. The summed E-state index contributed by atoms with van der Waals surface area (Å²) in [5.41, 5.74) is -1.33. The van der Waals surface area contributed by atoms with Gasteiger partial charge in [0.1, 0.15) is 38.7 Å². The predicted molar refractivity (Wildman–Crippen MR) is 224 cm³/mol. The maximum absolute atomic E-state index is 12.6. The van der Waals surface area contributed by atoms with Crippen LogP contribution in [0.25, 0.3) is 22.5 Å². The second-order valence-corrected chi connectivity index (χ2v) is 16.4. The van der Waals surface area contributed by atoms with Crippen LogP contribution in [0.4, 0.5) is 18.9 Å². The summed E-state index contributed by atoms with van der Waals surface area (Å²) >= 11 is 0. The zero-order chi connectivity index (χ0) is 46.0. The molecule has 0 fully saturated rings. The van der Waals surface area contributed by atoms with Crippen molar-refractivity contribution in [3.05, 3.63) is 117 Å². The van der Waals surface area contributed by atoms with E-state index < -0.39 is 33.2 Å². The quantitative estimate of drug-likeness (QED) is 0.115. The van der Waals surface area contributed by atoms with Crippen molar-refractivity contribution < 1.29 is 54.2 Å². The summed E-state index contributed by atoms with van der Waals surface area (Å²) in [4.78, 5) is 41.3. The molecule has 4 aromatic heterocycles. The summed E-state index contributed by atoms with van der Waals surface area (Å²) in [5.74, 6) is 1.65. The van der Waals surface area contributed by atoms with Gasteiger partial charge in [0, 0.05) is 54.4 Å². The summed E-state index contributed by atoms with van der Waals surface area (Å²) in [6.07, 6.45) is 3.38. The lowest BCUT2D eigenvalue weighted by Crippen LogP contribution is -2.35. The highest BCUT2D eigenvalue weighted by molar-refractivity contribution is 7.88. The standard InChI is InChI=1S/C22H19N5O4.C21H16F3N3O7S/c23-6-8-24-15-3-4-17-14(10-15)5-9-27-18(17)11-20(26-22(27)28)29-12-16-13-30-21-19(31-16)2-1-7-25-21;22-21(23,24)35(29,30)34-13-3-4-15-12(8-13)5-7-27-16(15)9-18(26-20(27)28)31-10-14-11-32-19-17(33-14)2-1-6-25-19/h1-4,7,10-11,16,24H,5,8-9,12-13H2;1-4,6,8-9,14H,5,7,10-11H2. The van der Waals surface area contributed by atoms with E-state index in [9.17, 15) is 31.2 Å².